The van der Waals surface area contributed by atoms with Gasteiger partial charge < -0.3 is 10.2 Å². The molecule has 0 radical (unpaired) electrons. The third-order valence-electron chi connectivity index (χ3n) is 6.42. The van der Waals surface area contributed by atoms with E-state index in [9.17, 15) is 4.79 Å². The average molecular weight is 455 g/mol. The molecular weight excluding hydrogens is 424 g/mol. The minimum absolute atomic E-state index is 0.0454. The molecule has 0 atom stereocenters. The normalized spacial score (nSPS) is 14.5. The number of pyridine rings is 1. The van der Waals surface area contributed by atoms with Crippen LogP contribution in [0, 0.1) is 6.92 Å². The molecule has 2 amide bonds. The van der Waals surface area contributed by atoms with Crippen molar-refractivity contribution in [1.82, 2.24) is 24.3 Å². The van der Waals surface area contributed by atoms with Crippen LogP contribution in [0.2, 0.25) is 0 Å². The fourth-order valence-corrected chi connectivity index (χ4v) is 4.37. The standard InChI is InChI=1S/C27H30N6O/c1-3-21-8-12-23(13-9-21)33-25(30-24-5-4-14-28-26(24)33)19-31-15-17-32(18-16-31)27(34)29-22-10-6-20(2)7-11-22/h4-14H,3,15-19H2,1-2H3,(H,29,34). The molecule has 5 rings (SSSR count). The van der Waals surface area contributed by atoms with Gasteiger partial charge in [-0.3, -0.25) is 9.47 Å². The van der Waals surface area contributed by atoms with Crippen molar-refractivity contribution in [3.8, 4) is 5.69 Å². The molecule has 0 bridgehead atoms. The average Bonchev–Trinajstić information content (AvgIpc) is 3.23. The molecule has 7 nitrogen and oxygen atoms in total. The molecular formula is C27H30N6O. The third-order valence-corrected chi connectivity index (χ3v) is 6.42. The van der Waals surface area contributed by atoms with Gasteiger partial charge in [-0.2, -0.15) is 0 Å². The van der Waals surface area contributed by atoms with E-state index in [1.807, 2.05) is 54.4 Å². The molecule has 1 aliphatic heterocycles. The number of carbonyl (C=O) groups excluding carboxylic acids is 1. The lowest BCUT2D eigenvalue weighted by Gasteiger charge is -2.34. The molecule has 0 spiro atoms. The van der Waals surface area contributed by atoms with Gasteiger partial charge in [-0.1, -0.05) is 36.8 Å². The Hall–Kier alpha value is -3.71. The van der Waals surface area contributed by atoms with Crippen LogP contribution in [0.15, 0.2) is 66.9 Å². The van der Waals surface area contributed by atoms with Gasteiger partial charge in [0.15, 0.2) is 5.65 Å². The molecule has 3 heterocycles. The fourth-order valence-electron chi connectivity index (χ4n) is 4.37. The lowest BCUT2D eigenvalue weighted by molar-refractivity contribution is 0.140. The number of nitrogens with one attached hydrogen (secondary N) is 1. The fraction of sp³-hybridized carbons (Fsp3) is 0.296. The van der Waals surface area contributed by atoms with Crippen LogP contribution in [0.4, 0.5) is 10.5 Å². The number of hydrogen-bond donors (Lipinski definition) is 1. The van der Waals surface area contributed by atoms with Crippen molar-refractivity contribution in [3.05, 3.63) is 83.8 Å². The van der Waals surface area contributed by atoms with Crippen molar-refractivity contribution in [3.63, 3.8) is 0 Å². The molecule has 2 aromatic heterocycles. The second-order valence-corrected chi connectivity index (χ2v) is 8.79. The van der Waals surface area contributed by atoms with Gasteiger partial charge in [0, 0.05) is 43.8 Å². The van der Waals surface area contributed by atoms with Crippen molar-refractivity contribution < 1.29 is 4.79 Å². The number of hydrogen-bond acceptors (Lipinski definition) is 4. The summed E-state index contributed by atoms with van der Waals surface area (Å²) >= 11 is 0. The van der Waals surface area contributed by atoms with Gasteiger partial charge in [0.25, 0.3) is 0 Å². The largest absolute Gasteiger partial charge is 0.322 e. The van der Waals surface area contributed by atoms with Crippen molar-refractivity contribution in [2.75, 3.05) is 31.5 Å². The van der Waals surface area contributed by atoms with Gasteiger partial charge in [-0.05, 0) is 55.3 Å². The Bertz CT molecular complexity index is 1270. The maximum Gasteiger partial charge on any atom is 0.321 e. The van der Waals surface area contributed by atoms with Gasteiger partial charge in [0.2, 0.25) is 0 Å². The van der Waals surface area contributed by atoms with Crippen LogP contribution in [0.3, 0.4) is 0 Å². The Morgan fingerprint density at radius 2 is 1.71 bits per heavy atom. The number of nitrogens with zero attached hydrogens (tertiary/aromatic N) is 5. The van der Waals surface area contributed by atoms with Crippen molar-refractivity contribution in [2.24, 2.45) is 0 Å². The molecule has 1 saturated heterocycles. The number of benzene rings is 2. The highest BCUT2D eigenvalue weighted by atomic mass is 16.2. The predicted molar refractivity (Wildman–Crippen MR) is 135 cm³/mol. The monoisotopic (exact) mass is 454 g/mol. The second kappa shape index (κ2) is 9.65. The Morgan fingerprint density at radius 3 is 2.41 bits per heavy atom. The Labute approximate surface area is 200 Å². The Balaban J connectivity index is 1.29. The quantitative estimate of drug-likeness (QED) is 0.477. The summed E-state index contributed by atoms with van der Waals surface area (Å²) in [5, 5.41) is 3.00. The Morgan fingerprint density at radius 1 is 0.971 bits per heavy atom. The first-order chi connectivity index (χ1) is 16.6. The Kier molecular flexibility index (Phi) is 6.27. The first kappa shape index (κ1) is 22.1. The number of aryl methyl sites for hydroxylation is 2. The molecule has 7 heteroatoms. The van der Waals surface area contributed by atoms with Crippen LogP contribution in [-0.2, 0) is 13.0 Å². The number of carbonyl (C=O) groups is 1. The van der Waals surface area contributed by atoms with Crippen LogP contribution in [-0.4, -0.2) is 56.5 Å². The van der Waals surface area contributed by atoms with Crippen LogP contribution < -0.4 is 5.32 Å². The highest BCUT2D eigenvalue weighted by molar-refractivity contribution is 5.89. The molecule has 1 aliphatic rings. The molecule has 174 valence electrons. The number of aromatic nitrogens is 3. The van der Waals surface area contributed by atoms with Crippen LogP contribution in [0.25, 0.3) is 16.9 Å². The topological polar surface area (TPSA) is 66.3 Å². The third kappa shape index (κ3) is 4.65. The predicted octanol–water partition coefficient (Wildman–Crippen LogP) is 4.64. The molecule has 2 aromatic carbocycles. The molecule has 0 aliphatic carbocycles. The number of piperazine rings is 1. The van der Waals surface area contributed by atoms with Crippen LogP contribution in [0.5, 0.6) is 0 Å². The van der Waals surface area contributed by atoms with E-state index in [2.05, 4.69) is 51.0 Å². The molecule has 34 heavy (non-hydrogen) atoms. The van der Waals surface area contributed by atoms with E-state index in [0.717, 1.165) is 47.9 Å². The summed E-state index contributed by atoms with van der Waals surface area (Å²) in [5.74, 6) is 0.968. The summed E-state index contributed by atoms with van der Waals surface area (Å²) in [7, 11) is 0. The minimum atomic E-state index is -0.0454. The van der Waals surface area contributed by atoms with E-state index < -0.39 is 0 Å². The molecule has 0 saturated carbocycles. The summed E-state index contributed by atoms with van der Waals surface area (Å²) in [6.45, 7) is 7.87. The van der Waals surface area contributed by atoms with Crippen molar-refractivity contribution in [2.45, 2.75) is 26.8 Å². The van der Waals surface area contributed by atoms with Gasteiger partial charge in [-0.25, -0.2) is 14.8 Å². The molecule has 1 N–H and O–H groups in total. The van der Waals surface area contributed by atoms with E-state index in [0.29, 0.717) is 19.6 Å². The zero-order chi connectivity index (χ0) is 23.5. The van der Waals surface area contributed by atoms with E-state index in [-0.39, 0.29) is 6.03 Å². The van der Waals surface area contributed by atoms with E-state index >= 15 is 0 Å². The van der Waals surface area contributed by atoms with Gasteiger partial charge in [0.1, 0.15) is 11.3 Å². The summed E-state index contributed by atoms with van der Waals surface area (Å²) in [4.78, 5) is 26.5. The maximum atomic E-state index is 12.7. The van der Waals surface area contributed by atoms with Crippen molar-refractivity contribution >= 4 is 22.9 Å². The maximum absolute atomic E-state index is 12.7. The molecule has 1 fully saturated rings. The lowest BCUT2D eigenvalue weighted by atomic mass is 10.1. The SMILES string of the molecule is CCc1ccc(-n2c(CN3CCN(C(=O)Nc4ccc(C)cc4)CC3)nc3cccnc32)cc1. The zero-order valence-electron chi connectivity index (χ0n) is 19.7. The number of fused-ring (bicyclic) bond motifs is 1. The van der Waals surface area contributed by atoms with E-state index in [4.69, 9.17) is 4.98 Å². The smallest absolute Gasteiger partial charge is 0.321 e. The lowest BCUT2D eigenvalue weighted by Crippen LogP contribution is -2.49. The van der Waals surface area contributed by atoms with E-state index in [1.54, 1.807) is 0 Å². The minimum Gasteiger partial charge on any atom is -0.322 e. The van der Waals surface area contributed by atoms with Gasteiger partial charge in [0.05, 0.1) is 6.54 Å². The number of urea groups is 1. The first-order valence-electron chi connectivity index (χ1n) is 11.9. The molecule has 4 aromatic rings. The number of imidazole rings is 1. The highest BCUT2D eigenvalue weighted by Gasteiger charge is 2.23. The summed E-state index contributed by atoms with van der Waals surface area (Å²) in [6, 6.07) is 20.4. The van der Waals surface area contributed by atoms with Crippen LogP contribution >= 0.6 is 0 Å². The van der Waals surface area contributed by atoms with Gasteiger partial charge in [-0.15, -0.1) is 0 Å². The van der Waals surface area contributed by atoms with E-state index in [1.165, 1.54) is 11.1 Å². The highest BCUT2D eigenvalue weighted by Crippen LogP contribution is 2.22. The van der Waals surface area contributed by atoms with Crippen molar-refractivity contribution in [1.29, 1.82) is 0 Å². The number of amides is 2. The number of anilines is 1. The molecule has 0 unspecified atom stereocenters. The van der Waals surface area contributed by atoms with Crippen LogP contribution in [0.1, 0.15) is 23.9 Å². The summed E-state index contributed by atoms with van der Waals surface area (Å²) in [6.07, 6.45) is 2.83. The summed E-state index contributed by atoms with van der Waals surface area (Å²) < 4.78 is 2.16. The summed E-state index contributed by atoms with van der Waals surface area (Å²) in [5.41, 5.74) is 6.15. The second-order valence-electron chi connectivity index (χ2n) is 8.79. The first-order valence-corrected chi connectivity index (χ1v) is 11.9. The van der Waals surface area contributed by atoms with Gasteiger partial charge >= 0.3 is 6.03 Å². The zero-order valence-corrected chi connectivity index (χ0v) is 19.7. The number of rotatable bonds is 5.